The summed E-state index contributed by atoms with van der Waals surface area (Å²) in [5.74, 6) is 0.00833. The number of carbonyl (C=O) groups is 1. The molecule has 0 saturated heterocycles. The molecule has 1 amide bonds. The Morgan fingerprint density at radius 2 is 1.87 bits per heavy atom. The minimum atomic E-state index is -4.43. The Labute approximate surface area is 131 Å². The summed E-state index contributed by atoms with van der Waals surface area (Å²) in [6, 6.07) is 7.58. The van der Waals surface area contributed by atoms with Crippen LogP contribution in [-0.4, -0.2) is 40.0 Å². The molecule has 0 saturated carbocycles. The Bertz CT molecular complexity index is 686. The van der Waals surface area contributed by atoms with Crippen molar-refractivity contribution in [2.45, 2.75) is 13.1 Å². The Balaban J connectivity index is 2.20. The summed E-state index contributed by atoms with van der Waals surface area (Å²) < 4.78 is 37.4. The van der Waals surface area contributed by atoms with Crippen LogP contribution < -0.4 is 5.73 Å². The summed E-state index contributed by atoms with van der Waals surface area (Å²) in [4.78, 5) is 21.0. The van der Waals surface area contributed by atoms with Crippen LogP contribution in [0.15, 0.2) is 36.5 Å². The highest BCUT2D eigenvalue weighted by Gasteiger charge is 2.32. The minimum Gasteiger partial charge on any atom is -0.384 e. The van der Waals surface area contributed by atoms with E-state index in [4.69, 9.17) is 5.73 Å². The number of amides is 1. The van der Waals surface area contributed by atoms with Crippen LogP contribution in [0.3, 0.4) is 0 Å². The fourth-order valence-corrected chi connectivity index (χ4v) is 2.00. The third-order valence-corrected chi connectivity index (χ3v) is 3.11. The lowest BCUT2D eigenvalue weighted by Gasteiger charge is -2.22. The van der Waals surface area contributed by atoms with Crippen molar-refractivity contribution in [1.82, 2.24) is 14.9 Å². The molecule has 0 atom stereocenters. The van der Waals surface area contributed by atoms with Gasteiger partial charge < -0.3 is 10.6 Å². The predicted octanol–water partition coefficient (Wildman–Crippen LogP) is 2.75. The minimum absolute atomic E-state index is 0.0293. The molecule has 8 heteroatoms. The second-order valence-electron chi connectivity index (χ2n) is 4.82. The molecule has 2 rings (SSSR count). The van der Waals surface area contributed by atoms with E-state index in [0.717, 1.165) is 4.90 Å². The molecule has 0 aliphatic heterocycles. The van der Waals surface area contributed by atoms with Gasteiger partial charge in [-0.1, -0.05) is 12.1 Å². The van der Waals surface area contributed by atoms with Gasteiger partial charge in [0.2, 0.25) is 0 Å². The molecule has 0 fully saturated rings. The maximum atomic E-state index is 12.5. The van der Waals surface area contributed by atoms with E-state index in [1.807, 2.05) is 0 Å². The fraction of sp³-hybridized carbons (Fsp3) is 0.267. The number of hydrogen-bond donors (Lipinski definition) is 1. The molecular formula is C15H15F3N4O. The standard InChI is InChI=1S/C15H15F3N4O/c1-2-22(9-15(16,17)18)14(23)11-5-3-10(4-6-11)13-20-8-7-12(19)21-13/h3-8H,2,9H2,1H3,(H2,19,20,21). The summed E-state index contributed by atoms with van der Waals surface area (Å²) in [5.41, 5.74) is 6.36. The molecular weight excluding hydrogens is 309 g/mol. The van der Waals surface area contributed by atoms with E-state index in [1.54, 1.807) is 12.1 Å². The van der Waals surface area contributed by atoms with Gasteiger partial charge in [0.25, 0.3) is 5.91 Å². The Morgan fingerprint density at radius 3 is 2.39 bits per heavy atom. The zero-order valence-electron chi connectivity index (χ0n) is 12.3. The molecule has 0 aliphatic carbocycles. The lowest BCUT2D eigenvalue weighted by Crippen LogP contribution is -2.38. The van der Waals surface area contributed by atoms with E-state index in [-0.39, 0.29) is 12.1 Å². The average Bonchev–Trinajstić information content (AvgIpc) is 2.51. The largest absolute Gasteiger partial charge is 0.406 e. The van der Waals surface area contributed by atoms with Crippen LogP contribution in [0.25, 0.3) is 11.4 Å². The smallest absolute Gasteiger partial charge is 0.384 e. The molecule has 122 valence electrons. The number of rotatable bonds is 4. The van der Waals surface area contributed by atoms with Crippen molar-refractivity contribution in [1.29, 1.82) is 0 Å². The van der Waals surface area contributed by atoms with Crippen LogP contribution in [0.2, 0.25) is 0 Å². The molecule has 5 nitrogen and oxygen atoms in total. The number of nitrogen functional groups attached to an aromatic ring is 1. The predicted molar refractivity (Wildman–Crippen MR) is 79.5 cm³/mol. The van der Waals surface area contributed by atoms with E-state index in [9.17, 15) is 18.0 Å². The van der Waals surface area contributed by atoms with Gasteiger partial charge in [0, 0.05) is 23.9 Å². The number of halogens is 3. The fourth-order valence-electron chi connectivity index (χ4n) is 2.00. The van der Waals surface area contributed by atoms with Crippen molar-refractivity contribution < 1.29 is 18.0 Å². The Hall–Kier alpha value is -2.64. The number of benzene rings is 1. The number of anilines is 1. The first kappa shape index (κ1) is 16.7. The third-order valence-electron chi connectivity index (χ3n) is 3.11. The average molecular weight is 324 g/mol. The number of alkyl halides is 3. The maximum absolute atomic E-state index is 12.5. The number of carbonyl (C=O) groups excluding carboxylic acids is 1. The number of hydrogen-bond acceptors (Lipinski definition) is 4. The molecule has 23 heavy (non-hydrogen) atoms. The highest BCUT2D eigenvalue weighted by molar-refractivity contribution is 5.94. The van der Waals surface area contributed by atoms with Crippen LogP contribution >= 0.6 is 0 Å². The highest BCUT2D eigenvalue weighted by atomic mass is 19.4. The van der Waals surface area contributed by atoms with Gasteiger partial charge in [-0.2, -0.15) is 13.2 Å². The second kappa shape index (κ2) is 6.64. The van der Waals surface area contributed by atoms with Crippen molar-refractivity contribution >= 4 is 11.7 Å². The van der Waals surface area contributed by atoms with Gasteiger partial charge in [0.15, 0.2) is 5.82 Å². The van der Waals surface area contributed by atoms with Crippen molar-refractivity contribution in [2.75, 3.05) is 18.8 Å². The normalized spacial score (nSPS) is 11.3. The van der Waals surface area contributed by atoms with Crippen LogP contribution in [0, 0.1) is 0 Å². The Morgan fingerprint density at radius 1 is 1.22 bits per heavy atom. The van der Waals surface area contributed by atoms with Crippen molar-refractivity contribution in [3.8, 4) is 11.4 Å². The zero-order chi connectivity index (χ0) is 17.0. The van der Waals surface area contributed by atoms with Gasteiger partial charge in [0.1, 0.15) is 12.4 Å². The summed E-state index contributed by atoms with van der Waals surface area (Å²) in [5, 5.41) is 0. The third kappa shape index (κ3) is 4.41. The van der Waals surface area contributed by atoms with E-state index >= 15 is 0 Å². The molecule has 2 N–H and O–H groups in total. The molecule has 1 heterocycles. The molecule has 2 aromatic rings. The zero-order valence-corrected chi connectivity index (χ0v) is 12.3. The van der Waals surface area contributed by atoms with Gasteiger partial charge in [-0.3, -0.25) is 4.79 Å². The molecule has 1 aromatic carbocycles. The van der Waals surface area contributed by atoms with Crippen molar-refractivity contribution in [3.63, 3.8) is 0 Å². The van der Waals surface area contributed by atoms with Gasteiger partial charge in [-0.15, -0.1) is 0 Å². The van der Waals surface area contributed by atoms with Gasteiger partial charge in [-0.25, -0.2) is 9.97 Å². The SMILES string of the molecule is CCN(CC(F)(F)F)C(=O)c1ccc(-c2nccc(N)n2)cc1. The van der Waals surface area contributed by atoms with Gasteiger partial charge >= 0.3 is 6.18 Å². The summed E-state index contributed by atoms with van der Waals surface area (Å²) >= 11 is 0. The second-order valence-corrected chi connectivity index (χ2v) is 4.82. The first-order valence-corrected chi connectivity index (χ1v) is 6.85. The first-order valence-electron chi connectivity index (χ1n) is 6.85. The molecule has 1 aromatic heterocycles. The highest BCUT2D eigenvalue weighted by Crippen LogP contribution is 2.20. The van der Waals surface area contributed by atoms with Crippen LogP contribution in [0.4, 0.5) is 19.0 Å². The summed E-state index contributed by atoms with van der Waals surface area (Å²) in [7, 11) is 0. The maximum Gasteiger partial charge on any atom is 0.406 e. The molecule has 0 unspecified atom stereocenters. The number of aromatic nitrogens is 2. The monoisotopic (exact) mass is 324 g/mol. The first-order chi connectivity index (χ1) is 10.8. The lowest BCUT2D eigenvalue weighted by atomic mass is 10.1. The lowest BCUT2D eigenvalue weighted by molar-refractivity contribution is -0.140. The van der Waals surface area contributed by atoms with Crippen molar-refractivity contribution in [2.24, 2.45) is 0 Å². The number of nitrogens with two attached hydrogens (primary N) is 1. The van der Waals surface area contributed by atoms with Crippen LogP contribution in [0.5, 0.6) is 0 Å². The molecule has 0 aliphatic rings. The topological polar surface area (TPSA) is 72.1 Å². The van der Waals surface area contributed by atoms with Crippen molar-refractivity contribution in [3.05, 3.63) is 42.1 Å². The van der Waals surface area contributed by atoms with E-state index in [2.05, 4.69) is 9.97 Å². The van der Waals surface area contributed by atoms with Crippen LogP contribution in [0.1, 0.15) is 17.3 Å². The van der Waals surface area contributed by atoms with Gasteiger partial charge in [-0.05, 0) is 25.1 Å². The molecule has 0 spiro atoms. The van der Waals surface area contributed by atoms with Crippen LogP contribution in [-0.2, 0) is 0 Å². The Kier molecular flexibility index (Phi) is 4.83. The molecule has 0 bridgehead atoms. The summed E-state index contributed by atoms with van der Waals surface area (Å²) in [6.45, 7) is 0.194. The van der Waals surface area contributed by atoms with E-state index in [1.165, 1.54) is 31.3 Å². The van der Waals surface area contributed by atoms with Gasteiger partial charge in [0.05, 0.1) is 0 Å². The van der Waals surface area contributed by atoms with E-state index < -0.39 is 18.6 Å². The summed E-state index contributed by atoms with van der Waals surface area (Å²) in [6.07, 6.45) is -2.93. The van der Waals surface area contributed by atoms with E-state index in [0.29, 0.717) is 17.2 Å². The number of nitrogens with zero attached hydrogens (tertiary/aromatic N) is 3. The quantitative estimate of drug-likeness (QED) is 0.938. The molecule has 0 radical (unpaired) electrons.